The number of rotatable bonds is 3. The van der Waals surface area contributed by atoms with Crippen molar-refractivity contribution in [1.29, 1.82) is 0 Å². The average Bonchev–Trinajstić information content (AvgIpc) is 2.92. The second-order valence-corrected chi connectivity index (χ2v) is 6.48. The molecule has 0 saturated carbocycles. The molecule has 23 heavy (non-hydrogen) atoms. The van der Waals surface area contributed by atoms with Gasteiger partial charge in [-0.1, -0.05) is 19.2 Å². The van der Waals surface area contributed by atoms with E-state index in [4.69, 9.17) is 5.73 Å². The molecule has 9 nitrogen and oxygen atoms in total. The van der Waals surface area contributed by atoms with Gasteiger partial charge < -0.3 is 29.8 Å². The fraction of sp³-hybridized carbons (Fsp3) is 0.364. The number of allylic oxidation sites excluding steroid dienone is 1. The van der Waals surface area contributed by atoms with E-state index in [2.05, 4.69) is 15.0 Å². The smallest absolute Gasteiger partial charge is 0.810 e. The molecule has 1 aliphatic rings. The van der Waals surface area contributed by atoms with Crippen LogP contribution in [-0.4, -0.2) is 36.9 Å². The standard InChI is InChI=1S/C11H14N5O4P.2Na/c12-10-9-11(14-4-13-10)16(5-15-9)7-1-6(2-8(7)17)3-21(18,19)20;;/h2,4-5,7-8,17H,1,3H2,(H2,12,13,14)(H2,18,19,20);;/q;2*+1/p-2/t7-,8-;;/m1../s1. The van der Waals surface area contributed by atoms with E-state index < -0.39 is 25.9 Å². The molecule has 2 aromatic rings. The molecule has 0 fully saturated rings. The van der Waals surface area contributed by atoms with Crippen molar-refractivity contribution in [3.8, 4) is 0 Å². The molecule has 0 aliphatic heterocycles. The van der Waals surface area contributed by atoms with Gasteiger partial charge in [-0.3, -0.25) is 0 Å². The minimum Gasteiger partial charge on any atom is -0.810 e. The molecule has 2 aromatic heterocycles. The first-order valence-electron chi connectivity index (χ1n) is 6.17. The Labute approximate surface area is 176 Å². The largest absolute Gasteiger partial charge is 1.00 e. The van der Waals surface area contributed by atoms with Gasteiger partial charge in [-0.05, 0) is 12.6 Å². The van der Waals surface area contributed by atoms with Crippen molar-refractivity contribution in [3.63, 3.8) is 0 Å². The monoisotopic (exact) mass is 355 g/mol. The van der Waals surface area contributed by atoms with Crippen LogP contribution in [0.2, 0.25) is 0 Å². The van der Waals surface area contributed by atoms with Crippen LogP contribution in [0.5, 0.6) is 0 Å². The fourth-order valence-corrected chi connectivity index (χ4v) is 3.28. The van der Waals surface area contributed by atoms with Gasteiger partial charge in [0.1, 0.15) is 11.8 Å². The van der Waals surface area contributed by atoms with Gasteiger partial charge in [0.2, 0.25) is 0 Å². The molecule has 2 heterocycles. The van der Waals surface area contributed by atoms with Crippen molar-refractivity contribution in [3.05, 3.63) is 24.3 Å². The third-order valence-corrected chi connectivity index (χ3v) is 4.21. The Morgan fingerprint density at radius 3 is 2.70 bits per heavy atom. The Kier molecular flexibility index (Phi) is 7.44. The summed E-state index contributed by atoms with van der Waals surface area (Å²) in [6, 6.07) is -0.467. The molecule has 0 unspecified atom stereocenters. The topological polar surface area (TPSA) is 153 Å². The van der Waals surface area contributed by atoms with E-state index in [9.17, 15) is 19.5 Å². The Hall–Kier alpha value is 0.200. The molecule has 12 heteroatoms. The summed E-state index contributed by atoms with van der Waals surface area (Å²) in [5, 5.41) is 10.1. The molecule has 3 rings (SSSR count). The van der Waals surface area contributed by atoms with E-state index in [1.165, 1.54) is 18.7 Å². The maximum Gasteiger partial charge on any atom is 1.00 e. The molecule has 0 radical (unpaired) electrons. The van der Waals surface area contributed by atoms with Crippen molar-refractivity contribution in [2.75, 3.05) is 11.9 Å². The number of fused-ring (bicyclic) bond motifs is 1. The van der Waals surface area contributed by atoms with Gasteiger partial charge in [-0.15, -0.1) is 0 Å². The normalized spacial score (nSPS) is 20.7. The quantitative estimate of drug-likeness (QED) is 0.313. The van der Waals surface area contributed by atoms with Gasteiger partial charge in [0.15, 0.2) is 11.5 Å². The summed E-state index contributed by atoms with van der Waals surface area (Å²) in [6.07, 6.45) is 2.89. The number of hydrogen-bond donors (Lipinski definition) is 2. The number of aliphatic hydroxyl groups excluding tert-OH is 1. The number of nitrogens with two attached hydrogens (primary N) is 1. The molecule has 0 spiro atoms. The summed E-state index contributed by atoms with van der Waals surface area (Å²) in [4.78, 5) is 33.7. The zero-order valence-corrected chi connectivity index (χ0v) is 17.7. The summed E-state index contributed by atoms with van der Waals surface area (Å²) in [7, 11) is -4.65. The SMILES string of the molecule is Nc1ncnc2c1ncn2[C@@H]1CC(CP(=O)([O-])[O-])=C[C@H]1O.[Na+].[Na+]. The van der Waals surface area contributed by atoms with Gasteiger partial charge in [0.05, 0.1) is 18.5 Å². The first-order valence-corrected chi connectivity index (χ1v) is 7.89. The third-order valence-electron chi connectivity index (χ3n) is 3.41. The van der Waals surface area contributed by atoms with E-state index in [0.29, 0.717) is 16.7 Å². The maximum atomic E-state index is 10.8. The first-order chi connectivity index (χ1) is 9.85. The number of nitrogen functional groups attached to an aromatic ring is 1. The summed E-state index contributed by atoms with van der Waals surface area (Å²) >= 11 is 0. The van der Waals surface area contributed by atoms with Gasteiger partial charge in [-0.2, -0.15) is 0 Å². The Morgan fingerprint density at radius 1 is 1.35 bits per heavy atom. The van der Waals surface area contributed by atoms with Gasteiger partial charge >= 0.3 is 59.1 Å². The number of nitrogens with zero attached hydrogens (tertiary/aromatic N) is 4. The first kappa shape index (κ1) is 21.2. The van der Waals surface area contributed by atoms with E-state index in [1.54, 1.807) is 4.57 Å². The number of anilines is 1. The van der Waals surface area contributed by atoms with Gasteiger partial charge in [-0.25, -0.2) is 15.0 Å². The summed E-state index contributed by atoms with van der Waals surface area (Å²) in [5.41, 5.74) is 6.95. The molecule has 0 saturated heterocycles. The zero-order chi connectivity index (χ0) is 15.2. The Bertz CT molecular complexity index is 777. The van der Waals surface area contributed by atoms with Crippen LogP contribution in [0.15, 0.2) is 24.3 Å². The van der Waals surface area contributed by atoms with E-state index >= 15 is 0 Å². The molecular formula is C11H12N5Na2O4P. The minimum absolute atomic E-state index is 0. The molecule has 0 amide bonds. The van der Waals surface area contributed by atoms with Crippen LogP contribution in [0.1, 0.15) is 12.5 Å². The molecule has 2 atom stereocenters. The molecular weight excluding hydrogens is 343 g/mol. The Balaban J connectivity index is 0.00000132. The number of imidazole rings is 1. The van der Waals surface area contributed by atoms with Crippen molar-refractivity contribution >= 4 is 24.6 Å². The molecule has 0 aromatic carbocycles. The average molecular weight is 355 g/mol. The van der Waals surface area contributed by atoms with Gasteiger partial charge in [0.25, 0.3) is 0 Å². The summed E-state index contributed by atoms with van der Waals surface area (Å²) in [5.74, 6) is 0.225. The fourth-order valence-electron chi connectivity index (χ4n) is 2.55. The van der Waals surface area contributed by atoms with Crippen molar-refractivity contribution in [2.45, 2.75) is 18.6 Å². The van der Waals surface area contributed by atoms with Crippen LogP contribution in [0, 0.1) is 0 Å². The number of hydrogen-bond acceptors (Lipinski definition) is 8. The zero-order valence-electron chi connectivity index (χ0n) is 12.8. The van der Waals surface area contributed by atoms with Crippen LogP contribution >= 0.6 is 7.60 Å². The predicted octanol–water partition coefficient (Wildman–Crippen LogP) is -7.44. The van der Waals surface area contributed by atoms with E-state index in [1.807, 2.05) is 0 Å². The minimum atomic E-state index is -4.65. The number of aliphatic hydroxyl groups is 1. The maximum absolute atomic E-state index is 10.8. The predicted molar refractivity (Wildman–Crippen MR) is 70.0 cm³/mol. The van der Waals surface area contributed by atoms with E-state index in [0.717, 1.165) is 0 Å². The van der Waals surface area contributed by atoms with Crippen LogP contribution < -0.4 is 74.6 Å². The second-order valence-electron chi connectivity index (χ2n) is 4.94. The van der Waals surface area contributed by atoms with Crippen LogP contribution in [-0.2, 0) is 4.57 Å². The number of aromatic nitrogens is 4. The summed E-state index contributed by atoms with van der Waals surface area (Å²) < 4.78 is 12.5. The molecule has 0 bridgehead atoms. The van der Waals surface area contributed by atoms with Crippen molar-refractivity contribution in [2.24, 2.45) is 0 Å². The summed E-state index contributed by atoms with van der Waals surface area (Å²) in [6.45, 7) is 0. The van der Waals surface area contributed by atoms with Crippen LogP contribution in [0.4, 0.5) is 5.82 Å². The van der Waals surface area contributed by atoms with Crippen molar-refractivity contribution < 1.29 is 78.6 Å². The van der Waals surface area contributed by atoms with Crippen molar-refractivity contribution in [1.82, 2.24) is 19.5 Å². The van der Waals surface area contributed by atoms with Gasteiger partial charge in [0, 0.05) is 0 Å². The van der Waals surface area contributed by atoms with E-state index in [-0.39, 0.29) is 71.4 Å². The second kappa shape index (κ2) is 8.05. The molecule has 1 aliphatic carbocycles. The molecule has 3 N–H and O–H groups in total. The molecule has 112 valence electrons. The van der Waals surface area contributed by atoms with Crippen LogP contribution in [0.3, 0.4) is 0 Å². The third kappa shape index (κ3) is 4.64. The van der Waals surface area contributed by atoms with Crippen LogP contribution in [0.25, 0.3) is 11.2 Å². The Morgan fingerprint density at radius 2 is 2.04 bits per heavy atom.